The van der Waals surface area contributed by atoms with Gasteiger partial charge in [-0.3, -0.25) is 9.79 Å². The standard InChI is InChI=1S/C23H38N4O2/c1-5-16-29-23(13-7-6-8-14-23)18-26-22(24-2)25-15-12-19-10-9-11-20(17-19)21(28)27(3)4/h9-11,17H,5-8,12-16,18H2,1-4H3,(H2,24,25,26). The molecule has 29 heavy (non-hydrogen) atoms. The van der Waals surface area contributed by atoms with Gasteiger partial charge >= 0.3 is 0 Å². The number of nitrogens with one attached hydrogen (secondary N) is 2. The Hall–Kier alpha value is -2.08. The Bertz CT molecular complexity index is 667. The van der Waals surface area contributed by atoms with E-state index in [2.05, 4.69) is 28.6 Å². The van der Waals surface area contributed by atoms with E-state index in [1.807, 2.05) is 18.2 Å². The lowest BCUT2D eigenvalue weighted by molar-refractivity contribution is -0.0657. The van der Waals surface area contributed by atoms with Crippen LogP contribution in [0.4, 0.5) is 0 Å². The average Bonchev–Trinajstić information content (AvgIpc) is 2.75. The summed E-state index contributed by atoms with van der Waals surface area (Å²) < 4.78 is 6.26. The summed E-state index contributed by atoms with van der Waals surface area (Å²) in [5.74, 6) is 0.831. The van der Waals surface area contributed by atoms with Crippen LogP contribution in [0.15, 0.2) is 29.3 Å². The molecule has 1 saturated carbocycles. The fourth-order valence-corrected chi connectivity index (χ4v) is 3.80. The molecule has 0 spiro atoms. The Labute approximate surface area is 176 Å². The zero-order valence-electron chi connectivity index (χ0n) is 18.6. The maximum atomic E-state index is 12.1. The summed E-state index contributed by atoms with van der Waals surface area (Å²) in [7, 11) is 5.34. The van der Waals surface area contributed by atoms with Crippen molar-refractivity contribution in [3.8, 4) is 0 Å². The number of hydrogen-bond acceptors (Lipinski definition) is 3. The van der Waals surface area contributed by atoms with Crippen LogP contribution >= 0.6 is 0 Å². The van der Waals surface area contributed by atoms with Gasteiger partial charge in [0.1, 0.15) is 0 Å². The highest BCUT2D eigenvalue weighted by Gasteiger charge is 2.32. The second-order valence-electron chi connectivity index (χ2n) is 8.09. The molecule has 1 aromatic carbocycles. The maximum Gasteiger partial charge on any atom is 0.253 e. The Morgan fingerprint density at radius 1 is 1.21 bits per heavy atom. The molecule has 6 heteroatoms. The monoisotopic (exact) mass is 402 g/mol. The van der Waals surface area contributed by atoms with E-state index in [1.165, 1.54) is 19.3 Å². The number of ether oxygens (including phenoxy) is 1. The molecule has 1 aliphatic carbocycles. The Morgan fingerprint density at radius 2 is 1.97 bits per heavy atom. The van der Waals surface area contributed by atoms with E-state index in [-0.39, 0.29) is 11.5 Å². The van der Waals surface area contributed by atoms with Crippen LogP contribution < -0.4 is 10.6 Å². The molecule has 0 atom stereocenters. The molecule has 162 valence electrons. The molecule has 6 nitrogen and oxygen atoms in total. The van der Waals surface area contributed by atoms with Crippen LogP contribution in [0.25, 0.3) is 0 Å². The molecule has 0 unspecified atom stereocenters. The molecule has 1 amide bonds. The second-order valence-corrected chi connectivity index (χ2v) is 8.09. The third-order valence-corrected chi connectivity index (χ3v) is 5.47. The van der Waals surface area contributed by atoms with Crippen molar-refractivity contribution in [1.29, 1.82) is 0 Å². The van der Waals surface area contributed by atoms with Crippen LogP contribution in [0.5, 0.6) is 0 Å². The van der Waals surface area contributed by atoms with Crippen molar-refractivity contribution in [2.24, 2.45) is 4.99 Å². The molecule has 0 bridgehead atoms. The summed E-state index contributed by atoms with van der Waals surface area (Å²) in [6.07, 6.45) is 7.88. The second kappa shape index (κ2) is 11.8. The first kappa shape index (κ1) is 23.2. The molecule has 0 heterocycles. The smallest absolute Gasteiger partial charge is 0.253 e. The molecule has 0 saturated heterocycles. The summed E-state index contributed by atoms with van der Waals surface area (Å²) in [5, 5.41) is 6.86. The number of hydrogen-bond donors (Lipinski definition) is 2. The van der Waals surface area contributed by atoms with Crippen LogP contribution in [-0.2, 0) is 11.2 Å². The van der Waals surface area contributed by atoms with Crippen LogP contribution in [0, 0.1) is 0 Å². The van der Waals surface area contributed by atoms with Crippen LogP contribution in [0.3, 0.4) is 0 Å². The van der Waals surface area contributed by atoms with Crippen molar-refractivity contribution in [2.45, 2.75) is 57.5 Å². The van der Waals surface area contributed by atoms with Gasteiger partial charge in [0.05, 0.1) is 5.60 Å². The highest BCUT2D eigenvalue weighted by atomic mass is 16.5. The lowest BCUT2D eigenvalue weighted by atomic mass is 9.84. The highest BCUT2D eigenvalue weighted by molar-refractivity contribution is 5.94. The fourth-order valence-electron chi connectivity index (χ4n) is 3.80. The minimum Gasteiger partial charge on any atom is -0.373 e. The molecule has 0 aliphatic heterocycles. The van der Waals surface area contributed by atoms with Crippen LogP contribution in [0.1, 0.15) is 61.4 Å². The van der Waals surface area contributed by atoms with Gasteiger partial charge in [-0.1, -0.05) is 38.3 Å². The topological polar surface area (TPSA) is 66.0 Å². The van der Waals surface area contributed by atoms with Gasteiger partial charge < -0.3 is 20.3 Å². The zero-order valence-corrected chi connectivity index (χ0v) is 18.6. The van der Waals surface area contributed by atoms with E-state index in [0.717, 1.165) is 62.5 Å². The highest BCUT2D eigenvalue weighted by Crippen LogP contribution is 2.31. The van der Waals surface area contributed by atoms with Gasteiger partial charge in [0, 0.05) is 46.4 Å². The molecule has 0 radical (unpaired) electrons. The predicted molar refractivity (Wildman–Crippen MR) is 120 cm³/mol. The van der Waals surface area contributed by atoms with Crippen molar-refractivity contribution in [3.05, 3.63) is 35.4 Å². The molecule has 0 aromatic heterocycles. The Kier molecular flexibility index (Phi) is 9.45. The van der Waals surface area contributed by atoms with E-state index in [9.17, 15) is 4.79 Å². The van der Waals surface area contributed by atoms with E-state index in [4.69, 9.17) is 4.74 Å². The van der Waals surface area contributed by atoms with Gasteiger partial charge in [-0.15, -0.1) is 0 Å². The van der Waals surface area contributed by atoms with Crippen molar-refractivity contribution < 1.29 is 9.53 Å². The van der Waals surface area contributed by atoms with Crippen molar-refractivity contribution in [3.63, 3.8) is 0 Å². The molecular formula is C23H38N4O2. The summed E-state index contributed by atoms with van der Waals surface area (Å²) >= 11 is 0. The minimum absolute atomic E-state index is 0.0298. The summed E-state index contributed by atoms with van der Waals surface area (Å²) in [6.45, 7) is 4.52. The zero-order chi connectivity index (χ0) is 21.1. The Balaban J connectivity index is 1.84. The van der Waals surface area contributed by atoms with E-state index >= 15 is 0 Å². The number of nitrogens with zero attached hydrogens (tertiary/aromatic N) is 2. The third-order valence-electron chi connectivity index (χ3n) is 5.47. The van der Waals surface area contributed by atoms with Crippen molar-refractivity contribution >= 4 is 11.9 Å². The lowest BCUT2D eigenvalue weighted by Gasteiger charge is -2.37. The summed E-state index contributed by atoms with van der Waals surface area (Å²) in [6, 6.07) is 7.83. The number of aliphatic imine (C=N–C) groups is 1. The van der Waals surface area contributed by atoms with Gasteiger partial charge in [-0.05, 0) is 43.4 Å². The molecule has 2 rings (SSSR count). The molecule has 2 N–H and O–H groups in total. The minimum atomic E-state index is -0.0627. The molecule has 1 aromatic rings. The van der Waals surface area contributed by atoms with Crippen molar-refractivity contribution in [1.82, 2.24) is 15.5 Å². The first-order valence-corrected chi connectivity index (χ1v) is 10.9. The van der Waals surface area contributed by atoms with Gasteiger partial charge in [0.25, 0.3) is 5.91 Å². The largest absolute Gasteiger partial charge is 0.373 e. The quantitative estimate of drug-likeness (QED) is 0.492. The number of amides is 1. The number of rotatable bonds is 9. The van der Waals surface area contributed by atoms with Gasteiger partial charge in [0.2, 0.25) is 0 Å². The number of benzene rings is 1. The van der Waals surface area contributed by atoms with Crippen LogP contribution in [-0.4, -0.2) is 63.2 Å². The van der Waals surface area contributed by atoms with Crippen molar-refractivity contribution in [2.75, 3.05) is 40.8 Å². The fraction of sp³-hybridized carbons (Fsp3) is 0.652. The molecular weight excluding hydrogens is 364 g/mol. The number of guanidine groups is 1. The van der Waals surface area contributed by atoms with E-state index in [0.29, 0.717) is 0 Å². The summed E-state index contributed by atoms with van der Waals surface area (Å²) in [4.78, 5) is 18.1. The van der Waals surface area contributed by atoms with E-state index in [1.54, 1.807) is 26.0 Å². The van der Waals surface area contributed by atoms with Crippen LogP contribution in [0.2, 0.25) is 0 Å². The van der Waals surface area contributed by atoms with E-state index < -0.39 is 0 Å². The van der Waals surface area contributed by atoms with Gasteiger partial charge in [0.15, 0.2) is 5.96 Å². The first-order chi connectivity index (χ1) is 14.0. The SMILES string of the molecule is CCCOC1(CNC(=NC)NCCc2cccc(C(=O)N(C)C)c2)CCCCC1. The molecule has 1 fully saturated rings. The number of carbonyl (C=O) groups is 1. The molecule has 1 aliphatic rings. The lowest BCUT2D eigenvalue weighted by Crippen LogP contribution is -2.50. The first-order valence-electron chi connectivity index (χ1n) is 10.9. The van der Waals surface area contributed by atoms with Gasteiger partial charge in [-0.25, -0.2) is 0 Å². The maximum absolute atomic E-state index is 12.1. The normalized spacial score (nSPS) is 16.3. The average molecular weight is 403 g/mol. The number of carbonyl (C=O) groups excluding carboxylic acids is 1. The predicted octanol–water partition coefficient (Wildman–Crippen LogP) is 3.23. The summed E-state index contributed by atoms with van der Waals surface area (Å²) in [5.41, 5.74) is 1.80. The van der Waals surface area contributed by atoms with Gasteiger partial charge in [-0.2, -0.15) is 0 Å². The third kappa shape index (κ3) is 7.35. The Morgan fingerprint density at radius 3 is 2.62 bits per heavy atom.